The van der Waals surface area contributed by atoms with Gasteiger partial charge in [0.15, 0.2) is 6.10 Å². The van der Waals surface area contributed by atoms with Crippen molar-refractivity contribution in [3.63, 3.8) is 0 Å². The van der Waals surface area contributed by atoms with Crippen LogP contribution in [0.3, 0.4) is 0 Å². The quantitative estimate of drug-likeness (QED) is 0.655. The highest BCUT2D eigenvalue weighted by Gasteiger charge is 2.19. The highest BCUT2D eigenvalue weighted by Crippen LogP contribution is 2.25. The zero-order valence-corrected chi connectivity index (χ0v) is 14.8. The van der Waals surface area contributed by atoms with E-state index in [0.717, 1.165) is 0 Å². The van der Waals surface area contributed by atoms with Gasteiger partial charge in [-0.2, -0.15) is 0 Å². The number of rotatable bonds is 5. The number of carbonyl (C=O) groups is 2. The van der Waals surface area contributed by atoms with Crippen molar-refractivity contribution in [1.29, 1.82) is 0 Å². The first-order valence-electron chi connectivity index (χ1n) is 7.99. The first kappa shape index (κ1) is 18.5. The number of carbonyl (C=O) groups excluding carboxylic acids is 1. The summed E-state index contributed by atoms with van der Waals surface area (Å²) in [4.78, 5) is 23.1. The predicted molar refractivity (Wildman–Crippen MR) is 94.3 cm³/mol. The molecule has 5 nitrogen and oxygen atoms in total. The molecule has 0 fully saturated rings. The Balaban J connectivity index is 2.00. The van der Waals surface area contributed by atoms with Crippen LogP contribution in [-0.2, 0) is 10.2 Å². The SMILES string of the molecule is CC(Oc1ccc(C(C)(C)C)cc1)C(=O)Oc1cccc(C(=O)O)c1. The molecule has 1 unspecified atom stereocenters. The maximum atomic E-state index is 12.1. The van der Waals surface area contributed by atoms with Gasteiger partial charge in [-0.05, 0) is 48.2 Å². The average molecular weight is 342 g/mol. The zero-order valence-electron chi connectivity index (χ0n) is 14.8. The minimum absolute atomic E-state index is 0.0399. The first-order valence-corrected chi connectivity index (χ1v) is 7.99. The smallest absolute Gasteiger partial charge is 0.352 e. The van der Waals surface area contributed by atoms with Gasteiger partial charge in [0.2, 0.25) is 0 Å². The van der Waals surface area contributed by atoms with Crippen LogP contribution in [0.25, 0.3) is 0 Å². The minimum Gasteiger partial charge on any atom is -0.479 e. The van der Waals surface area contributed by atoms with Crippen LogP contribution in [0.15, 0.2) is 48.5 Å². The van der Waals surface area contributed by atoms with Crippen molar-refractivity contribution < 1.29 is 24.2 Å². The van der Waals surface area contributed by atoms with Crippen molar-refractivity contribution in [3.05, 3.63) is 59.7 Å². The van der Waals surface area contributed by atoms with Gasteiger partial charge in [-0.25, -0.2) is 9.59 Å². The fourth-order valence-corrected chi connectivity index (χ4v) is 2.18. The third-order valence-corrected chi connectivity index (χ3v) is 3.66. The average Bonchev–Trinajstić information content (AvgIpc) is 2.54. The predicted octanol–water partition coefficient (Wildman–Crippen LogP) is 4.06. The van der Waals surface area contributed by atoms with Crippen LogP contribution < -0.4 is 9.47 Å². The van der Waals surface area contributed by atoms with Crippen LogP contribution in [0, 0.1) is 0 Å². The van der Waals surface area contributed by atoms with E-state index in [1.165, 1.54) is 29.8 Å². The lowest BCUT2D eigenvalue weighted by Gasteiger charge is -2.20. The van der Waals surface area contributed by atoms with Crippen LogP contribution in [0.2, 0.25) is 0 Å². The van der Waals surface area contributed by atoms with Gasteiger partial charge in [0.05, 0.1) is 5.56 Å². The molecule has 2 rings (SSSR count). The van der Waals surface area contributed by atoms with Gasteiger partial charge in [-0.15, -0.1) is 0 Å². The molecule has 2 aromatic carbocycles. The van der Waals surface area contributed by atoms with Gasteiger partial charge in [-0.1, -0.05) is 39.0 Å². The standard InChI is InChI=1S/C20H22O5/c1-13(24-16-10-8-15(9-11-16)20(2,3)4)19(23)25-17-7-5-6-14(12-17)18(21)22/h5-13H,1-4H3,(H,21,22). The molecule has 0 radical (unpaired) electrons. The molecule has 1 atom stereocenters. The van der Waals surface area contributed by atoms with Crippen molar-refractivity contribution >= 4 is 11.9 Å². The van der Waals surface area contributed by atoms with E-state index in [1.807, 2.05) is 24.3 Å². The molecule has 0 aromatic heterocycles. The highest BCUT2D eigenvalue weighted by molar-refractivity contribution is 5.88. The zero-order chi connectivity index (χ0) is 18.6. The maximum absolute atomic E-state index is 12.1. The number of ether oxygens (including phenoxy) is 2. The Hall–Kier alpha value is -2.82. The molecule has 132 valence electrons. The molecule has 0 aliphatic carbocycles. The van der Waals surface area contributed by atoms with E-state index < -0.39 is 18.0 Å². The Morgan fingerprint density at radius 1 is 1.00 bits per heavy atom. The molecule has 0 bridgehead atoms. The number of carboxylic acids is 1. The maximum Gasteiger partial charge on any atom is 0.352 e. The summed E-state index contributed by atoms with van der Waals surface area (Å²) in [5.41, 5.74) is 1.26. The molecule has 0 saturated carbocycles. The lowest BCUT2D eigenvalue weighted by Crippen LogP contribution is -2.28. The monoisotopic (exact) mass is 342 g/mol. The number of hydrogen-bond donors (Lipinski definition) is 1. The highest BCUT2D eigenvalue weighted by atomic mass is 16.6. The van der Waals surface area contributed by atoms with Gasteiger partial charge in [0.1, 0.15) is 11.5 Å². The summed E-state index contributed by atoms with van der Waals surface area (Å²) in [7, 11) is 0. The molecule has 0 spiro atoms. The van der Waals surface area contributed by atoms with Gasteiger partial charge in [0.25, 0.3) is 0 Å². The van der Waals surface area contributed by atoms with Crippen LogP contribution in [0.4, 0.5) is 0 Å². The van der Waals surface area contributed by atoms with Gasteiger partial charge < -0.3 is 14.6 Å². The summed E-state index contributed by atoms with van der Waals surface area (Å²) in [5.74, 6) is -0.941. The molecule has 25 heavy (non-hydrogen) atoms. The van der Waals surface area contributed by atoms with Crippen molar-refractivity contribution in [1.82, 2.24) is 0 Å². The van der Waals surface area contributed by atoms with Crippen LogP contribution >= 0.6 is 0 Å². The fourth-order valence-electron chi connectivity index (χ4n) is 2.18. The summed E-state index contributed by atoms with van der Waals surface area (Å²) in [6.45, 7) is 7.94. The van der Waals surface area contributed by atoms with Crippen molar-refractivity contribution in [3.8, 4) is 11.5 Å². The third kappa shape index (κ3) is 5.08. The van der Waals surface area contributed by atoms with Crippen LogP contribution in [-0.4, -0.2) is 23.1 Å². The molecule has 0 heterocycles. The lowest BCUT2D eigenvalue weighted by molar-refractivity contribution is -0.141. The second-order valence-corrected chi connectivity index (χ2v) is 6.79. The van der Waals surface area contributed by atoms with Crippen LogP contribution in [0.5, 0.6) is 11.5 Å². The first-order chi connectivity index (χ1) is 11.7. The molecule has 2 aromatic rings. The van der Waals surface area contributed by atoms with Crippen molar-refractivity contribution in [2.75, 3.05) is 0 Å². The molecule has 0 aliphatic heterocycles. The molecule has 0 aliphatic rings. The minimum atomic E-state index is -1.08. The Kier molecular flexibility index (Phi) is 5.47. The van der Waals surface area contributed by atoms with Crippen molar-refractivity contribution in [2.24, 2.45) is 0 Å². The normalized spacial score (nSPS) is 12.3. The lowest BCUT2D eigenvalue weighted by atomic mass is 9.87. The summed E-state index contributed by atoms with van der Waals surface area (Å²) >= 11 is 0. The van der Waals surface area contributed by atoms with E-state index in [2.05, 4.69) is 20.8 Å². The van der Waals surface area contributed by atoms with Gasteiger partial charge >= 0.3 is 11.9 Å². The fraction of sp³-hybridized carbons (Fsp3) is 0.300. The van der Waals surface area contributed by atoms with Crippen LogP contribution in [0.1, 0.15) is 43.6 Å². The van der Waals surface area contributed by atoms with E-state index in [9.17, 15) is 9.59 Å². The van der Waals surface area contributed by atoms with E-state index in [-0.39, 0.29) is 16.7 Å². The number of carboxylic acid groups (broad SMARTS) is 1. The Morgan fingerprint density at radius 2 is 1.64 bits per heavy atom. The third-order valence-electron chi connectivity index (χ3n) is 3.66. The number of benzene rings is 2. The summed E-state index contributed by atoms with van der Waals surface area (Å²) in [5, 5.41) is 8.96. The largest absolute Gasteiger partial charge is 0.479 e. The molecular formula is C20H22O5. The van der Waals surface area contributed by atoms with E-state index in [1.54, 1.807) is 6.92 Å². The Bertz CT molecular complexity index is 756. The number of esters is 1. The number of hydrogen-bond acceptors (Lipinski definition) is 4. The second kappa shape index (κ2) is 7.38. The second-order valence-electron chi connectivity index (χ2n) is 6.79. The molecule has 0 saturated heterocycles. The van der Waals surface area contributed by atoms with Gasteiger partial charge in [-0.3, -0.25) is 0 Å². The molecule has 1 N–H and O–H groups in total. The topological polar surface area (TPSA) is 72.8 Å². The van der Waals surface area contributed by atoms with Crippen molar-refractivity contribution in [2.45, 2.75) is 39.2 Å². The van der Waals surface area contributed by atoms with Gasteiger partial charge in [0, 0.05) is 0 Å². The summed E-state index contributed by atoms with van der Waals surface area (Å²) in [6.07, 6.45) is -0.825. The number of aromatic carboxylic acids is 1. The van der Waals surface area contributed by atoms with E-state index >= 15 is 0 Å². The Labute approximate surface area is 147 Å². The van der Waals surface area contributed by atoms with E-state index in [4.69, 9.17) is 14.6 Å². The molecule has 0 amide bonds. The molecular weight excluding hydrogens is 320 g/mol. The summed E-state index contributed by atoms with van der Waals surface area (Å²) in [6, 6.07) is 13.3. The van der Waals surface area contributed by atoms with E-state index in [0.29, 0.717) is 5.75 Å². The molecule has 5 heteroatoms. The summed E-state index contributed by atoms with van der Waals surface area (Å²) < 4.78 is 10.8. The Morgan fingerprint density at radius 3 is 2.20 bits per heavy atom.